The first-order valence-electron chi connectivity index (χ1n) is 7.49. The van der Waals surface area contributed by atoms with E-state index in [2.05, 4.69) is 4.72 Å². The number of nitrogens with one attached hydrogen (secondary N) is 1. The molecule has 0 aliphatic heterocycles. The van der Waals surface area contributed by atoms with Gasteiger partial charge in [0, 0.05) is 6.54 Å². The molecule has 0 bridgehead atoms. The van der Waals surface area contributed by atoms with Crippen LogP contribution in [0.1, 0.15) is 31.9 Å². The molecule has 0 heterocycles. The molecule has 0 radical (unpaired) electrons. The second-order valence-corrected chi connectivity index (χ2v) is 9.05. The maximum absolute atomic E-state index is 12.3. The molecule has 2 aromatic rings. The lowest BCUT2D eigenvalue weighted by molar-refractivity contribution is 0.0858. The Kier molecular flexibility index (Phi) is 4.94. The van der Waals surface area contributed by atoms with Gasteiger partial charge >= 0.3 is 0 Å². The standard InChI is InChI=1S/C18H23NO3S/c1-17(2,3)23(21,22)19-14-18(20,15-10-6-4-7-11-15)16-12-8-5-9-13-16/h4-13,19-20H,14H2,1-3H3. The number of aliphatic hydroxyl groups is 1. The molecule has 2 rings (SSSR count). The second-order valence-electron chi connectivity index (χ2n) is 6.53. The predicted molar refractivity (Wildman–Crippen MR) is 92.6 cm³/mol. The number of rotatable bonds is 5. The van der Waals surface area contributed by atoms with Gasteiger partial charge in [0.25, 0.3) is 0 Å². The molecule has 0 aliphatic carbocycles. The minimum Gasteiger partial charge on any atom is -0.379 e. The highest BCUT2D eigenvalue weighted by molar-refractivity contribution is 7.90. The molecule has 2 N–H and O–H groups in total. The van der Waals surface area contributed by atoms with E-state index < -0.39 is 20.4 Å². The van der Waals surface area contributed by atoms with E-state index in [1.54, 1.807) is 45.0 Å². The Balaban J connectivity index is 2.41. The highest BCUT2D eigenvalue weighted by Crippen LogP contribution is 2.29. The van der Waals surface area contributed by atoms with Crippen LogP contribution in [-0.4, -0.2) is 24.8 Å². The molecule has 0 aliphatic rings. The van der Waals surface area contributed by atoms with Crippen molar-refractivity contribution in [3.05, 3.63) is 71.8 Å². The molecule has 0 spiro atoms. The fourth-order valence-electron chi connectivity index (χ4n) is 2.21. The molecule has 2 aromatic carbocycles. The van der Waals surface area contributed by atoms with Gasteiger partial charge in [0.1, 0.15) is 5.60 Å². The summed E-state index contributed by atoms with van der Waals surface area (Å²) in [6, 6.07) is 18.2. The Morgan fingerprint density at radius 3 is 1.61 bits per heavy atom. The first-order chi connectivity index (χ1) is 10.7. The molecule has 0 amide bonds. The van der Waals surface area contributed by atoms with Crippen molar-refractivity contribution in [1.29, 1.82) is 0 Å². The first-order valence-corrected chi connectivity index (χ1v) is 8.98. The lowest BCUT2D eigenvalue weighted by Crippen LogP contribution is -2.47. The smallest absolute Gasteiger partial charge is 0.216 e. The summed E-state index contributed by atoms with van der Waals surface area (Å²) in [4.78, 5) is 0. The Labute approximate surface area is 138 Å². The summed E-state index contributed by atoms with van der Waals surface area (Å²) in [7, 11) is -3.56. The van der Waals surface area contributed by atoms with Crippen LogP contribution in [0, 0.1) is 0 Å². The van der Waals surface area contributed by atoms with E-state index in [-0.39, 0.29) is 6.54 Å². The first kappa shape index (κ1) is 17.7. The molecular weight excluding hydrogens is 310 g/mol. The van der Waals surface area contributed by atoms with Crippen LogP contribution in [-0.2, 0) is 15.6 Å². The largest absolute Gasteiger partial charge is 0.379 e. The average Bonchev–Trinajstić information content (AvgIpc) is 2.53. The third kappa shape index (κ3) is 3.80. The van der Waals surface area contributed by atoms with E-state index >= 15 is 0 Å². The number of benzene rings is 2. The Morgan fingerprint density at radius 1 is 0.870 bits per heavy atom. The fourth-order valence-corrected chi connectivity index (χ4v) is 3.05. The predicted octanol–water partition coefficient (Wildman–Crippen LogP) is 2.64. The van der Waals surface area contributed by atoms with Crippen molar-refractivity contribution >= 4 is 10.0 Å². The second kappa shape index (κ2) is 6.43. The van der Waals surface area contributed by atoms with Crippen molar-refractivity contribution in [3.63, 3.8) is 0 Å². The summed E-state index contributed by atoms with van der Waals surface area (Å²) in [5, 5.41) is 11.3. The molecule has 0 fully saturated rings. The Hall–Kier alpha value is -1.69. The maximum Gasteiger partial charge on any atom is 0.216 e. The molecule has 0 atom stereocenters. The monoisotopic (exact) mass is 333 g/mol. The van der Waals surface area contributed by atoms with Crippen molar-refractivity contribution in [3.8, 4) is 0 Å². The van der Waals surface area contributed by atoms with E-state index in [1.807, 2.05) is 36.4 Å². The topological polar surface area (TPSA) is 66.4 Å². The zero-order chi connectivity index (χ0) is 17.1. The lowest BCUT2D eigenvalue weighted by atomic mass is 9.86. The maximum atomic E-state index is 12.3. The number of sulfonamides is 1. The average molecular weight is 333 g/mol. The van der Waals surface area contributed by atoms with Gasteiger partial charge in [0.2, 0.25) is 10.0 Å². The van der Waals surface area contributed by atoms with Gasteiger partial charge in [-0.3, -0.25) is 0 Å². The van der Waals surface area contributed by atoms with Crippen LogP contribution in [0.2, 0.25) is 0 Å². The van der Waals surface area contributed by atoms with Crippen LogP contribution < -0.4 is 4.72 Å². The molecule has 0 saturated heterocycles. The molecule has 23 heavy (non-hydrogen) atoms. The summed E-state index contributed by atoms with van der Waals surface area (Å²) in [5.41, 5.74) is -0.147. The Morgan fingerprint density at radius 2 is 1.26 bits per heavy atom. The van der Waals surface area contributed by atoms with Crippen LogP contribution in [0.25, 0.3) is 0 Å². The van der Waals surface area contributed by atoms with Crippen LogP contribution in [0.3, 0.4) is 0 Å². The lowest BCUT2D eigenvalue weighted by Gasteiger charge is -2.31. The van der Waals surface area contributed by atoms with E-state index in [1.165, 1.54) is 0 Å². The normalized spacial score (nSPS) is 13.0. The van der Waals surface area contributed by atoms with Gasteiger partial charge < -0.3 is 5.11 Å². The van der Waals surface area contributed by atoms with Crippen molar-refractivity contribution in [1.82, 2.24) is 4.72 Å². The quantitative estimate of drug-likeness (QED) is 0.884. The molecule has 0 saturated carbocycles. The summed E-state index contributed by atoms with van der Waals surface area (Å²) < 4.78 is 26.3. The fraction of sp³-hybridized carbons (Fsp3) is 0.333. The highest BCUT2D eigenvalue weighted by atomic mass is 32.2. The summed E-state index contributed by atoms with van der Waals surface area (Å²) in [6.45, 7) is 4.75. The van der Waals surface area contributed by atoms with Gasteiger partial charge in [-0.15, -0.1) is 0 Å². The molecule has 4 nitrogen and oxygen atoms in total. The summed E-state index contributed by atoms with van der Waals surface area (Å²) >= 11 is 0. The zero-order valence-corrected chi connectivity index (χ0v) is 14.5. The minimum absolute atomic E-state index is 0.124. The minimum atomic E-state index is -3.56. The van der Waals surface area contributed by atoms with Gasteiger partial charge in [-0.1, -0.05) is 60.7 Å². The third-order valence-electron chi connectivity index (χ3n) is 3.83. The molecule has 0 unspecified atom stereocenters. The van der Waals surface area contributed by atoms with E-state index in [0.29, 0.717) is 11.1 Å². The molecule has 0 aromatic heterocycles. The number of hydrogen-bond acceptors (Lipinski definition) is 3. The van der Waals surface area contributed by atoms with Crippen LogP contribution in [0.5, 0.6) is 0 Å². The van der Waals surface area contributed by atoms with Crippen LogP contribution in [0.15, 0.2) is 60.7 Å². The SMILES string of the molecule is CC(C)(C)S(=O)(=O)NCC(O)(c1ccccc1)c1ccccc1. The highest BCUT2D eigenvalue weighted by Gasteiger charge is 2.36. The van der Waals surface area contributed by atoms with Gasteiger partial charge in [-0.2, -0.15) is 0 Å². The van der Waals surface area contributed by atoms with Gasteiger partial charge in [0.05, 0.1) is 4.75 Å². The zero-order valence-electron chi connectivity index (χ0n) is 13.7. The van der Waals surface area contributed by atoms with Crippen LogP contribution in [0.4, 0.5) is 0 Å². The Bertz CT molecular complexity index is 695. The van der Waals surface area contributed by atoms with E-state index in [0.717, 1.165) is 0 Å². The third-order valence-corrected chi connectivity index (χ3v) is 5.96. The van der Waals surface area contributed by atoms with Crippen LogP contribution >= 0.6 is 0 Å². The number of hydrogen-bond donors (Lipinski definition) is 2. The van der Waals surface area contributed by atoms with E-state index in [4.69, 9.17) is 0 Å². The summed E-state index contributed by atoms with van der Waals surface area (Å²) in [6.07, 6.45) is 0. The summed E-state index contributed by atoms with van der Waals surface area (Å²) in [5.74, 6) is 0. The van der Waals surface area contributed by atoms with Gasteiger partial charge in [-0.25, -0.2) is 13.1 Å². The molecular formula is C18H23NO3S. The van der Waals surface area contributed by atoms with Crippen molar-refractivity contribution in [2.75, 3.05) is 6.54 Å². The molecule has 124 valence electrons. The van der Waals surface area contributed by atoms with E-state index in [9.17, 15) is 13.5 Å². The van der Waals surface area contributed by atoms with Crippen molar-refractivity contribution < 1.29 is 13.5 Å². The van der Waals surface area contributed by atoms with Gasteiger partial charge in [-0.05, 0) is 31.9 Å². The molecule has 5 heteroatoms. The van der Waals surface area contributed by atoms with Gasteiger partial charge in [0.15, 0.2) is 0 Å². The van der Waals surface area contributed by atoms with Crippen molar-refractivity contribution in [2.45, 2.75) is 31.1 Å². The van der Waals surface area contributed by atoms with Crippen molar-refractivity contribution in [2.24, 2.45) is 0 Å².